The molecule has 0 aliphatic heterocycles. The Labute approximate surface area is 193 Å². The van der Waals surface area contributed by atoms with Gasteiger partial charge in [-0.25, -0.2) is 22.0 Å². The van der Waals surface area contributed by atoms with Gasteiger partial charge in [-0.3, -0.25) is 0 Å². The first-order valence-electron chi connectivity index (χ1n) is 10.6. The molecule has 0 spiro atoms. The van der Waals surface area contributed by atoms with E-state index < -0.39 is 29.1 Å². The van der Waals surface area contributed by atoms with Crippen molar-refractivity contribution in [1.82, 2.24) is 0 Å². The van der Waals surface area contributed by atoms with Crippen LogP contribution in [0.15, 0.2) is 60.7 Å². The minimum atomic E-state index is -0.954. The average Bonchev–Trinajstić information content (AvgIpc) is 2.79. The zero-order valence-corrected chi connectivity index (χ0v) is 18.2. The van der Waals surface area contributed by atoms with Gasteiger partial charge >= 0.3 is 0 Å². The minimum Gasteiger partial charge on any atom is -0.494 e. The summed E-state index contributed by atoms with van der Waals surface area (Å²) in [6, 6.07) is 13.7. The number of ether oxygens (including phenoxy) is 1. The van der Waals surface area contributed by atoms with Crippen LogP contribution in [0.1, 0.15) is 29.2 Å². The van der Waals surface area contributed by atoms with Gasteiger partial charge in [0, 0.05) is 23.3 Å². The van der Waals surface area contributed by atoms with E-state index in [-0.39, 0.29) is 29.7 Å². The number of hydrogen-bond donors (Lipinski definition) is 0. The molecule has 1 nitrogen and oxygen atoms in total. The largest absolute Gasteiger partial charge is 0.494 e. The number of fused-ring (bicyclic) bond motifs is 1. The lowest BCUT2D eigenvalue weighted by molar-refractivity contribution is 0.335. The summed E-state index contributed by atoms with van der Waals surface area (Å²) in [6.45, 7) is 2.02. The molecule has 0 N–H and O–H groups in total. The summed E-state index contributed by atoms with van der Waals surface area (Å²) in [5.74, 6) is 1.82. The van der Waals surface area contributed by atoms with E-state index in [1.807, 2.05) is 0 Å². The second-order valence-electron chi connectivity index (χ2n) is 7.69. The molecule has 0 fully saturated rings. The van der Waals surface area contributed by atoms with Gasteiger partial charge in [-0.05, 0) is 72.5 Å². The van der Waals surface area contributed by atoms with Crippen LogP contribution in [-0.4, -0.2) is 6.61 Å². The molecule has 172 valence electrons. The fourth-order valence-electron chi connectivity index (χ4n) is 3.61. The Balaban J connectivity index is 1.49. The summed E-state index contributed by atoms with van der Waals surface area (Å²) in [5.41, 5.74) is 1.15. The van der Waals surface area contributed by atoms with Crippen molar-refractivity contribution in [3.05, 3.63) is 112 Å². The molecular formula is C28H19F5O. The van der Waals surface area contributed by atoms with Crippen LogP contribution in [0.5, 0.6) is 5.75 Å². The van der Waals surface area contributed by atoms with E-state index >= 15 is 0 Å². The van der Waals surface area contributed by atoms with E-state index in [1.165, 1.54) is 12.1 Å². The van der Waals surface area contributed by atoms with Crippen molar-refractivity contribution in [2.75, 3.05) is 6.61 Å². The topological polar surface area (TPSA) is 9.23 Å². The highest BCUT2D eigenvalue weighted by Crippen LogP contribution is 2.23. The predicted molar refractivity (Wildman–Crippen MR) is 121 cm³/mol. The molecular weight excluding hydrogens is 447 g/mol. The molecule has 4 rings (SSSR count). The molecule has 0 atom stereocenters. The average molecular weight is 466 g/mol. The first-order chi connectivity index (χ1) is 16.3. The third-order valence-electron chi connectivity index (χ3n) is 5.34. The monoisotopic (exact) mass is 466 g/mol. The summed E-state index contributed by atoms with van der Waals surface area (Å²) in [5, 5.41) is 1.01. The lowest BCUT2D eigenvalue weighted by Crippen LogP contribution is -2.02. The normalized spacial score (nSPS) is 10.8. The van der Waals surface area contributed by atoms with Gasteiger partial charge in [0.25, 0.3) is 0 Å². The Bertz CT molecular complexity index is 1410. The maximum atomic E-state index is 14.6. The smallest absolute Gasteiger partial charge is 0.159 e. The van der Waals surface area contributed by atoms with Crippen molar-refractivity contribution < 1.29 is 26.7 Å². The van der Waals surface area contributed by atoms with Crippen LogP contribution in [0.4, 0.5) is 22.0 Å². The fourth-order valence-corrected chi connectivity index (χ4v) is 3.61. The van der Waals surface area contributed by atoms with Gasteiger partial charge in [0.05, 0.1) is 12.2 Å². The zero-order valence-electron chi connectivity index (χ0n) is 18.2. The Kier molecular flexibility index (Phi) is 6.83. The Morgan fingerprint density at radius 2 is 1.35 bits per heavy atom. The fraction of sp³-hybridized carbons (Fsp3) is 0.143. The van der Waals surface area contributed by atoms with Gasteiger partial charge in [-0.2, -0.15) is 0 Å². The molecule has 0 aliphatic rings. The SMILES string of the molecule is CCOc1cc(F)c(CCc2ccc(C#Cc3ccc4cc(F)c(F)cc4c3)c(F)c2)c(F)c1. The predicted octanol–water partition coefficient (Wildman–Crippen LogP) is 7.12. The van der Waals surface area contributed by atoms with Gasteiger partial charge < -0.3 is 4.74 Å². The lowest BCUT2D eigenvalue weighted by Gasteiger charge is -2.09. The molecule has 0 radical (unpaired) electrons. The number of halogens is 5. The second-order valence-corrected chi connectivity index (χ2v) is 7.69. The van der Waals surface area contributed by atoms with Crippen LogP contribution in [0, 0.1) is 40.9 Å². The Morgan fingerprint density at radius 1 is 0.647 bits per heavy atom. The molecule has 0 saturated carbocycles. The van der Waals surface area contributed by atoms with Crippen molar-refractivity contribution in [2.45, 2.75) is 19.8 Å². The third kappa shape index (κ3) is 5.20. The standard InChI is InChI=1S/C28H19F5O/c1-2-34-22-15-25(30)23(26(31)16-22)10-6-18-4-8-19(24(29)12-18)7-3-17-5-9-20-13-27(32)28(33)14-21(20)11-17/h4-5,8-9,11-16H,2,6,10H2,1H3. The van der Waals surface area contributed by atoms with E-state index in [0.29, 0.717) is 28.5 Å². The number of aryl methyl sites for hydroxylation is 1. The quantitative estimate of drug-likeness (QED) is 0.225. The molecule has 0 unspecified atom stereocenters. The van der Waals surface area contributed by atoms with Gasteiger partial charge in [-0.15, -0.1) is 0 Å². The second kappa shape index (κ2) is 9.96. The van der Waals surface area contributed by atoms with E-state index in [4.69, 9.17) is 4.74 Å². The summed E-state index contributed by atoms with van der Waals surface area (Å²) in [6.07, 6.45) is 0.294. The van der Waals surface area contributed by atoms with E-state index in [1.54, 1.807) is 31.2 Å². The summed E-state index contributed by atoms with van der Waals surface area (Å²) < 4.78 is 75.0. The van der Waals surface area contributed by atoms with Gasteiger partial charge in [0.2, 0.25) is 0 Å². The Hall–Kier alpha value is -3.85. The number of benzene rings is 4. The van der Waals surface area contributed by atoms with Crippen LogP contribution < -0.4 is 4.74 Å². The first kappa shape index (κ1) is 23.3. The number of rotatable bonds is 5. The number of hydrogen-bond acceptors (Lipinski definition) is 1. The van der Waals surface area contributed by atoms with Gasteiger partial charge in [-0.1, -0.05) is 24.0 Å². The molecule has 4 aromatic carbocycles. The van der Waals surface area contributed by atoms with Gasteiger partial charge in [0.15, 0.2) is 11.6 Å². The molecule has 0 aliphatic carbocycles. The van der Waals surface area contributed by atoms with Crippen LogP contribution in [0.25, 0.3) is 10.8 Å². The summed E-state index contributed by atoms with van der Waals surface area (Å²) in [4.78, 5) is 0. The van der Waals surface area contributed by atoms with Crippen LogP contribution in [-0.2, 0) is 12.8 Å². The van der Waals surface area contributed by atoms with Gasteiger partial charge in [0.1, 0.15) is 23.2 Å². The lowest BCUT2D eigenvalue weighted by atomic mass is 10.0. The van der Waals surface area contributed by atoms with E-state index in [9.17, 15) is 22.0 Å². The van der Waals surface area contributed by atoms with Crippen LogP contribution in [0.3, 0.4) is 0 Å². The molecule has 0 amide bonds. The molecule has 0 bridgehead atoms. The third-order valence-corrected chi connectivity index (χ3v) is 5.34. The molecule has 0 heterocycles. The van der Waals surface area contributed by atoms with Crippen molar-refractivity contribution in [3.8, 4) is 17.6 Å². The minimum absolute atomic E-state index is 0.0583. The molecule has 6 heteroatoms. The molecule has 4 aromatic rings. The van der Waals surface area contributed by atoms with E-state index in [0.717, 1.165) is 24.3 Å². The van der Waals surface area contributed by atoms with Crippen molar-refractivity contribution in [3.63, 3.8) is 0 Å². The van der Waals surface area contributed by atoms with Crippen molar-refractivity contribution in [1.29, 1.82) is 0 Å². The highest BCUT2D eigenvalue weighted by Gasteiger charge is 2.13. The maximum absolute atomic E-state index is 14.6. The van der Waals surface area contributed by atoms with Crippen molar-refractivity contribution in [2.24, 2.45) is 0 Å². The highest BCUT2D eigenvalue weighted by atomic mass is 19.2. The Morgan fingerprint density at radius 3 is 2.03 bits per heavy atom. The molecule has 0 aromatic heterocycles. The van der Waals surface area contributed by atoms with Crippen LogP contribution in [0.2, 0.25) is 0 Å². The van der Waals surface area contributed by atoms with Crippen LogP contribution >= 0.6 is 0 Å². The van der Waals surface area contributed by atoms with Crippen molar-refractivity contribution >= 4 is 10.8 Å². The zero-order chi connectivity index (χ0) is 24.2. The highest BCUT2D eigenvalue weighted by molar-refractivity contribution is 5.84. The molecule has 34 heavy (non-hydrogen) atoms. The first-order valence-corrected chi connectivity index (χ1v) is 10.6. The van der Waals surface area contributed by atoms with E-state index in [2.05, 4.69) is 11.8 Å². The summed E-state index contributed by atoms with van der Waals surface area (Å²) in [7, 11) is 0. The maximum Gasteiger partial charge on any atom is 0.159 e. The summed E-state index contributed by atoms with van der Waals surface area (Å²) >= 11 is 0. The molecule has 0 saturated heterocycles.